The normalized spacial score (nSPS) is 21.0. The molecule has 152 valence electrons. The number of halogens is 2. The van der Waals surface area contributed by atoms with Crippen molar-refractivity contribution in [2.24, 2.45) is 16.3 Å². The van der Waals surface area contributed by atoms with E-state index in [1.54, 1.807) is 7.05 Å². The van der Waals surface area contributed by atoms with Crippen LogP contribution in [-0.4, -0.2) is 45.4 Å². The Morgan fingerprint density at radius 2 is 2.07 bits per heavy atom. The molecule has 0 bridgehead atoms. The lowest BCUT2D eigenvalue weighted by Gasteiger charge is -2.40. The minimum Gasteiger partial charge on any atom is -0.489 e. The van der Waals surface area contributed by atoms with Crippen molar-refractivity contribution in [2.45, 2.75) is 39.7 Å². The van der Waals surface area contributed by atoms with Gasteiger partial charge >= 0.3 is 0 Å². The average Bonchev–Trinajstić information content (AvgIpc) is 2.62. The van der Waals surface area contributed by atoms with Crippen LogP contribution < -0.4 is 15.4 Å². The van der Waals surface area contributed by atoms with Gasteiger partial charge in [0.15, 0.2) is 17.5 Å². The third-order valence-electron chi connectivity index (χ3n) is 4.60. The predicted molar refractivity (Wildman–Crippen MR) is 103 cm³/mol. The molecule has 0 saturated carbocycles. The smallest absolute Gasteiger partial charge is 0.191 e. The van der Waals surface area contributed by atoms with Crippen LogP contribution in [0.25, 0.3) is 0 Å². The van der Waals surface area contributed by atoms with Crippen LogP contribution in [0.15, 0.2) is 23.2 Å². The fourth-order valence-corrected chi connectivity index (χ4v) is 3.38. The van der Waals surface area contributed by atoms with Crippen molar-refractivity contribution >= 4 is 5.96 Å². The van der Waals surface area contributed by atoms with Gasteiger partial charge in [-0.1, -0.05) is 20.8 Å². The van der Waals surface area contributed by atoms with Crippen LogP contribution >= 0.6 is 0 Å². The van der Waals surface area contributed by atoms with E-state index in [4.69, 9.17) is 9.47 Å². The number of guanidine groups is 1. The Hall–Kier alpha value is -1.89. The molecular formula is C20H31F2N3O2. The number of hydrogen-bond donors (Lipinski definition) is 2. The van der Waals surface area contributed by atoms with E-state index < -0.39 is 11.6 Å². The first-order valence-electron chi connectivity index (χ1n) is 9.45. The standard InChI is InChI=1S/C20H31F2N3O2/c1-20(2,3)18-14(6-5-10-27-18)13-25-19(23-4)24-9-11-26-17-8-7-15(21)12-16(17)22/h7-8,12,14,18H,5-6,9-11,13H2,1-4H3,(H2,23,24,25). The molecule has 5 nitrogen and oxygen atoms in total. The molecule has 27 heavy (non-hydrogen) atoms. The van der Waals surface area contributed by atoms with Crippen molar-refractivity contribution < 1.29 is 18.3 Å². The van der Waals surface area contributed by atoms with E-state index in [-0.39, 0.29) is 23.9 Å². The van der Waals surface area contributed by atoms with Crippen molar-refractivity contribution in [3.63, 3.8) is 0 Å². The number of ether oxygens (including phenoxy) is 2. The predicted octanol–water partition coefficient (Wildman–Crippen LogP) is 3.35. The van der Waals surface area contributed by atoms with Gasteiger partial charge in [-0.15, -0.1) is 0 Å². The maximum atomic E-state index is 13.5. The molecule has 1 aromatic rings. The maximum Gasteiger partial charge on any atom is 0.191 e. The molecule has 1 saturated heterocycles. The summed E-state index contributed by atoms with van der Waals surface area (Å²) >= 11 is 0. The molecule has 2 atom stereocenters. The molecule has 1 heterocycles. The Morgan fingerprint density at radius 1 is 1.30 bits per heavy atom. The van der Waals surface area contributed by atoms with Gasteiger partial charge in [-0.2, -0.15) is 0 Å². The first-order valence-corrected chi connectivity index (χ1v) is 9.45. The van der Waals surface area contributed by atoms with Crippen molar-refractivity contribution in [1.82, 2.24) is 10.6 Å². The lowest BCUT2D eigenvalue weighted by atomic mass is 9.78. The van der Waals surface area contributed by atoms with Crippen LogP contribution in [0, 0.1) is 23.0 Å². The number of benzene rings is 1. The molecule has 0 amide bonds. The summed E-state index contributed by atoms with van der Waals surface area (Å²) in [7, 11) is 1.70. The Kier molecular flexibility index (Phi) is 7.83. The Morgan fingerprint density at radius 3 is 2.74 bits per heavy atom. The summed E-state index contributed by atoms with van der Waals surface area (Å²) in [4.78, 5) is 4.21. The van der Waals surface area contributed by atoms with E-state index in [1.807, 2.05) is 0 Å². The fourth-order valence-electron chi connectivity index (χ4n) is 3.38. The van der Waals surface area contributed by atoms with E-state index in [2.05, 4.69) is 36.4 Å². The van der Waals surface area contributed by atoms with Crippen molar-refractivity contribution in [3.05, 3.63) is 29.8 Å². The minimum atomic E-state index is -0.706. The average molecular weight is 383 g/mol. The van der Waals surface area contributed by atoms with Gasteiger partial charge in [0.25, 0.3) is 0 Å². The second-order valence-corrected chi connectivity index (χ2v) is 7.86. The van der Waals surface area contributed by atoms with Gasteiger partial charge in [0.05, 0.1) is 12.6 Å². The molecule has 0 spiro atoms. The molecule has 0 radical (unpaired) electrons. The van der Waals surface area contributed by atoms with Crippen LogP contribution in [0.2, 0.25) is 0 Å². The molecule has 2 N–H and O–H groups in total. The molecule has 2 rings (SSSR count). The van der Waals surface area contributed by atoms with Crippen LogP contribution in [-0.2, 0) is 4.74 Å². The Balaban J connectivity index is 1.75. The summed E-state index contributed by atoms with van der Waals surface area (Å²) < 4.78 is 37.8. The summed E-state index contributed by atoms with van der Waals surface area (Å²) in [6, 6.07) is 3.26. The van der Waals surface area contributed by atoms with Gasteiger partial charge < -0.3 is 20.1 Å². The molecule has 1 aromatic carbocycles. The zero-order valence-electron chi connectivity index (χ0n) is 16.6. The van der Waals surface area contributed by atoms with Crippen LogP contribution in [0.4, 0.5) is 8.78 Å². The third-order valence-corrected chi connectivity index (χ3v) is 4.60. The summed E-state index contributed by atoms with van der Waals surface area (Å²) in [6.45, 7) is 8.89. The second kappa shape index (κ2) is 9.88. The van der Waals surface area contributed by atoms with Crippen LogP contribution in [0.3, 0.4) is 0 Å². The van der Waals surface area contributed by atoms with Crippen molar-refractivity contribution in [1.29, 1.82) is 0 Å². The van der Waals surface area contributed by atoms with E-state index in [1.165, 1.54) is 12.1 Å². The molecule has 2 unspecified atom stereocenters. The highest BCUT2D eigenvalue weighted by atomic mass is 19.1. The van der Waals surface area contributed by atoms with Gasteiger partial charge in [0.2, 0.25) is 0 Å². The number of aliphatic imine (C=N–C) groups is 1. The molecule has 1 aliphatic heterocycles. The van der Waals surface area contributed by atoms with Gasteiger partial charge in [-0.25, -0.2) is 8.78 Å². The molecule has 0 aliphatic carbocycles. The molecule has 1 aliphatic rings. The Labute approximate surface area is 160 Å². The third kappa shape index (κ3) is 6.65. The van der Waals surface area contributed by atoms with Crippen LogP contribution in [0.1, 0.15) is 33.6 Å². The molecule has 7 heteroatoms. The number of nitrogens with one attached hydrogen (secondary N) is 2. The quantitative estimate of drug-likeness (QED) is 0.449. The van der Waals surface area contributed by atoms with Gasteiger partial charge in [-0.05, 0) is 30.4 Å². The molecular weight excluding hydrogens is 352 g/mol. The SMILES string of the molecule is CN=C(NCCOc1ccc(F)cc1F)NCC1CCCOC1C(C)(C)C. The summed E-state index contributed by atoms with van der Waals surface area (Å²) in [5.74, 6) is -0.211. The largest absolute Gasteiger partial charge is 0.489 e. The summed E-state index contributed by atoms with van der Waals surface area (Å²) in [5, 5.41) is 6.48. The first-order chi connectivity index (χ1) is 12.8. The van der Waals surface area contributed by atoms with Crippen LogP contribution in [0.5, 0.6) is 5.75 Å². The highest BCUT2D eigenvalue weighted by molar-refractivity contribution is 5.79. The number of nitrogens with zero attached hydrogens (tertiary/aromatic N) is 1. The fraction of sp³-hybridized carbons (Fsp3) is 0.650. The maximum absolute atomic E-state index is 13.5. The topological polar surface area (TPSA) is 54.9 Å². The highest BCUT2D eigenvalue weighted by Crippen LogP contribution is 2.33. The summed E-state index contributed by atoms with van der Waals surface area (Å²) in [5.41, 5.74) is 0.0940. The summed E-state index contributed by atoms with van der Waals surface area (Å²) in [6.07, 6.45) is 2.41. The highest BCUT2D eigenvalue weighted by Gasteiger charge is 2.35. The van der Waals surface area contributed by atoms with Gasteiger partial charge in [0, 0.05) is 32.2 Å². The molecule has 0 aromatic heterocycles. The van der Waals surface area contributed by atoms with Gasteiger partial charge in [0.1, 0.15) is 12.4 Å². The molecule has 1 fully saturated rings. The lowest BCUT2D eigenvalue weighted by Crippen LogP contribution is -2.48. The Bertz CT molecular complexity index is 632. The van der Waals surface area contributed by atoms with Crippen molar-refractivity contribution in [3.8, 4) is 5.75 Å². The van der Waals surface area contributed by atoms with Gasteiger partial charge in [-0.3, -0.25) is 4.99 Å². The lowest BCUT2D eigenvalue weighted by molar-refractivity contribution is -0.0835. The van der Waals surface area contributed by atoms with E-state index in [0.29, 0.717) is 18.4 Å². The number of hydrogen-bond acceptors (Lipinski definition) is 3. The van der Waals surface area contributed by atoms with Crippen molar-refractivity contribution in [2.75, 3.05) is 33.4 Å². The first kappa shape index (κ1) is 21.4. The van der Waals surface area contributed by atoms with E-state index >= 15 is 0 Å². The number of rotatable bonds is 6. The zero-order chi connectivity index (χ0) is 19.9. The van der Waals surface area contributed by atoms with E-state index in [0.717, 1.165) is 32.1 Å². The van der Waals surface area contributed by atoms with E-state index in [9.17, 15) is 8.78 Å². The second-order valence-electron chi connectivity index (χ2n) is 7.86. The monoisotopic (exact) mass is 383 g/mol. The minimum absolute atomic E-state index is 0.0357. The zero-order valence-corrected chi connectivity index (χ0v) is 16.6.